The molecule has 4 heterocycles. The monoisotopic (exact) mass is 427 g/mol. The number of amides is 1. The second kappa shape index (κ2) is 11.2. The lowest BCUT2D eigenvalue weighted by Gasteiger charge is -2.04. The van der Waals surface area contributed by atoms with E-state index in [1.54, 1.807) is 49.2 Å². The van der Waals surface area contributed by atoms with Crippen LogP contribution >= 0.6 is 11.6 Å². The highest BCUT2D eigenvalue weighted by Crippen LogP contribution is 2.24. The molecule has 0 spiro atoms. The number of anilines is 2. The third kappa shape index (κ3) is 7.54. The molecule has 0 radical (unpaired) electrons. The predicted molar refractivity (Wildman–Crippen MR) is 106 cm³/mol. The summed E-state index contributed by atoms with van der Waals surface area (Å²) in [5.74, 6) is 1.38. The van der Waals surface area contributed by atoms with Gasteiger partial charge in [-0.15, -0.1) is 0 Å². The number of rotatable bonds is 3. The normalized spacial score (nSPS) is 15.3. The van der Waals surface area contributed by atoms with E-state index in [2.05, 4.69) is 35.7 Å². The maximum absolute atomic E-state index is 11.8. The van der Waals surface area contributed by atoms with Gasteiger partial charge in [0.1, 0.15) is 17.5 Å². The molecule has 1 aliphatic heterocycles. The Morgan fingerprint density at radius 2 is 2.28 bits per heavy atom. The van der Waals surface area contributed by atoms with Gasteiger partial charge in [-0.1, -0.05) is 11.6 Å². The van der Waals surface area contributed by atoms with E-state index < -0.39 is 12.3 Å². The molecule has 4 N–H and O–H groups in total. The van der Waals surface area contributed by atoms with Crippen molar-refractivity contribution in [3.63, 3.8) is 0 Å². The van der Waals surface area contributed by atoms with Crippen molar-refractivity contribution in [1.29, 1.82) is 0 Å². The molecule has 1 saturated heterocycles. The Balaban J connectivity index is 0.000000192. The highest BCUT2D eigenvalue weighted by molar-refractivity contribution is 6.34. The molecule has 4 rings (SSSR count). The van der Waals surface area contributed by atoms with Crippen LogP contribution < -0.4 is 10.6 Å². The lowest BCUT2D eigenvalue weighted by atomic mass is 10.4. The van der Waals surface area contributed by atoms with E-state index in [0.29, 0.717) is 30.5 Å². The lowest BCUT2D eigenvalue weighted by Crippen LogP contribution is -2.27. The second-order valence-corrected chi connectivity index (χ2v) is 6.63. The molecule has 158 valence electrons. The van der Waals surface area contributed by atoms with Crippen molar-refractivity contribution in [3.05, 3.63) is 35.9 Å². The summed E-state index contributed by atoms with van der Waals surface area (Å²) in [6, 6.07) is 1.83. The highest BCUT2D eigenvalue weighted by Gasteiger charge is 2.12. The summed E-state index contributed by atoms with van der Waals surface area (Å²) < 4.78 is 18.1. The van der Waals surface area contributed by atoms with Gasteiger partial charge in [-0.3, -0.25) is 5.10 Å². The first-order valence-electron chi connectivity index (χ1n) is 8.82. The molecule has 3 aromatic rings. The van der Waals surface area contributed by atoms with Crippen LogP contribution in [0.1, 0.15) is 20.3 Å². The van der Waals surface area contributed by atoms with Crippen LogP contribution in [0.2, 0.25) is 5.02 Å². The molecular weight excluding hydrogens is 405 g/mol. The number of ether oxygens (including phenoxy) is 1. The molecule has 0 aliphatic carbocycles. The topological polar surface area (TPSA) is 129 Å². The van der Waals surface area contributed by atoms with E-state index >= 15 is 0 Å². The van der Waals surface area contributed by atoms with Crippen molar-refractivity contribution in [1.82, 2.24) is 30.1 Å². The molecular formula is C17H23ClFN7O3. The van der Waals surface area contributed by atoms with Crippen molar-refractivity contribution in [2.45, 2.75) is 32.5 Å². The first-order chi connectivity index (χ1) is 13.9. The zero-order chi connectivity index (χ0) is 21.2. The predicted octanol–water partition coefficient (Wildman–Crippen LogP) is 3.26. The minimum absolute atomic E-state index is 0.0255. The Bertz CT molecular complexity index is 882. The molecule has 12 heteroatoms. The van der Waals surface area contributed by atoms with Gasteiger partial charge in [0.15, 0.2) is 5.82 Å². The van der Waals surface area contributed by atoms with Gasteiger partial charge in [-0.2, -0.15) is 10.2 Å². The first-order valence-corrected chi connectivity index (χ1v) is 9.20. The Labute approximate surface area is 171 Å². The van der Waals surface area contributed by atoms with E-state index in [1.807, 2.05) is 0 Å². The fraction of sp³-hybridized carbons (Fsp3) is 0.412. The van der Waals surface area contributed by atoms with Gasteiger partial charge in [0.2, 0.25) is 0 Å². The van der Waals surface area contributed by atoms with Gasteiger partial charge in [0.25, 0.3) is 0 Å². The number of hydrogen-bond acceptors (Lipinski definition) is 6. The zero-order valence-electron chi connectivity index (χ0n) is 16.0. The average molecular weight is 428 g/mol. The van der Waals surface area contributed by atoms with Crippen LogP contribution in [0.25, 0.3) is 5.52 Å². The van der Waals surface area contributed by atoms with E-state index in [4.69, 9.17) is 16.7 Å². The van der Waals surface area contributed by atoms with Gasteiger partial charge >= 0.3 is 6.09 Å². The van der Waals surface area contributed by atoms with Crippen LogP contribution in [-0.4, -0.2) is 61.4 Å². The smallest absolute Gasteiger partial charge is 0.404 e. The van der Waals surface area contributed by atoms with E-state index in [9.17, 15) is 9.18 Å². The number of carboxylic acid groups (broad SMARTS) is 1. The highest BCUT2D eigenvalue weighted by atomic mass is 35.5. The number of nitrogens with zero attached hydrogens (tertiary/aromatic N) is 4. The second-order valence-electron chi connectivity index (χ2n) is 6.22. The van der Waals surface area contributed by atoms with Crippen LogP contribution in [0.4, 0.5) is 20.8 Å². The molecule has 10 nitrogen and oxygen atoms in total. The molecule has 1 unspecified atom stereocenters. The minimum atomic E-state index is -0.963. The summed E-state index contributed by atoms with van der Waals surface area (Å²) in [4.78, 5) is 13.9. The summed E-state index contributed by atoms with van der Waals surface area (Å²) >= 11 is 6.03. The molecule has 0 aromatic carbocycles. The average Bonchev–Trinajstić information content (AvgIpc) is 3.39. The SMILES string of the molecule is CC(C)NC(=O)O.Clc1cnn2ccnc(Nc3ccn[nH]3)c12.FC1CCOC1. The Hall–Kier alpha value is -2.92. The molecule has 3 aromatic heterocycles. The van der Waals surface area contributed by atoms with E-state index in [1.165, 1.54) is 0 Å². The van der Waals surface area contributed by atoms with E-state index in [-0.39, 0.29) is 6.04 Å². The van der Waals surface area contributed by atoms with Gasteiger partial charge in [-0.05, 0) is 13.8 Å². The third-order valence-electron chi connectivity index (χ3n) is 3.43. The van der Waals surface area contributed by atoms with E-state index in [0.717, 1.165) is 11.3 Å². The molecule has 1 atom stereocenters. The Kier molecular flexibility index (Phi) is 8.62. The molecule has 29 heavy (non-hydrogen) atoms. The molecule has 0 bridgehead atoms. The number of nitrogens with one attached hydrogen (secondary N) is 3. The van der Waals surface area contributed by atoms with Crippen LogP contribution in [-0.2, 0) is 4.74 Å². The fourth-order valence-electron chi connectivity index (χ4n) is 2.21. The number of carbonyl (C=O) groups is 1. The third-order valence-corrected chi connectivity index (χ3v) is 3.70. The number of fused-ring (bicyclic) bond motifs is 1. The van der Waals surface area contributed by atoms with Gasteiger partial charge in [0, 0.05) is 37.5 Å². The number of aromatic nitrogens is 5. The largest absolute Gasteiger partial charge is 0.465 e. The summed E-state index contributed by atoms with van der Waals surface area (Å²) in [5.41, 5.74) is 0.735. The standard InChI is InChI=1S/C9H7ClN6.C4H7FO.C4H9NO2/c10-6-5-13-16-4-3-11-9(8(6)16)14-7-1-2-12-15-7;5-4-1-2-6-3-4;1-3(2)5-4(6)7/h1-5H,(H2,11,12,14,15);4H,1-3H2;3,5H,1-2H3,(H,6,7). The van der Waals surface area contributed by atoms with Crippen molar-refractivity contribution in [2.75, 3.05) is 18.5 Å². The van der Waals surface area contributed by atoms with Crippen LogP contribution in [0.3, 0.4) is 0 Å². The maximum atomic E-state index is 11.8. The van der Waals surface area contributed by atoms with Crippen molar-refractivity contribution in [2.24, 2.45) is 0 Å². The number of H-pyrrole nitrogens is 1. The summed E-state index contributed by atoms with van der Waals surface area (Å²) in [7, 11) is 0. The van der Waals surface area contributed by atoms with Crippen LogP contribution in [0, 0.1) is 0 Å². The van der Waals surface area contributed by atoms with Gasteiger partial charge in [0.05, 0.1) is 24.0 Å². The van der Waals surface area contributed by atoms with Gasteiger partial charge < -0.3 is 20.5 Å². The molecule has 0 saturated carbocycles. The maximum Gasteiger partial charge on any atom is 0.404 e. The molecule has 1 aliphatic rings. The first kappa shape index (κ1) is 22.4. The number of halogens is 2. The van der Waals surface area contributed by atoms with Crippen LogP contribution in [0.15, 0.2) is 30.9 Å². The molecule has 1 fully saturated rings. The number of hydrogen-bond donors (Lipinski definition) is 4. The van der Waals surface area contributed by atoms with Crippen molar-refractivity contribution >= 4 is 34.8 Å². The lowest BCUT2D eigenvalue weighted by molar-refractivity contribution is 0.173. The number of aromatic amines is 1. The van der Waals surface area contributed by atoms with Crippen molar-refractivity contribution < 1.29 is 19.0 Å². The fourth-order valence-corrected chi connectivity index (χ4v) is 2.42. The van der Waals surface area contributed by atoms with Crippen LogP contribution in [0.5, 0.6) is 0 Å². The summed E-state index contributed by atoms with van der Waals surface area (Å²) in [6.07, 6.45) is 5.57. The Morgan fingerprint density at radius 1 is 1.48 bits per heavy atom. The molecule has 1 amide bonds. The number of alkyl halides is 1. The van der Waals surface area contributed by atoms with Crippen molar-refractivity contribution in [3.8, 4) is 0 Å². The minimum Gasteiger partial charge on any atom is -0.465 e. The van der Waals surface area contributed by atoms with Gasteiger partial charge in [-0.25, -0.2) is 18.7 Å². The quantitative estimate of drug-likeness (QED) is 0.504. The summed E-state index contributed by atoms with van der Waals surface area (Å²) in [5, 5.41) is 24.5. The zero-order valence-corrected chi connectivity index (χ0v) is 16.7. The summed E-state index contributed by atoms with van der Waals surface area (Å²) in [6.45, 7) is 4.48. The Morgan fingerprint density at radius 3 is 2.76 bits per heavy atom.